The molecule has 4 aromatic heterocycles. The molecule has 5 rings (SSSR count). The second kappa shape index (κ2) is 5.94. The van der Waals surface area contributed by atoms with Crippen LogP contribution in [0.2, 0.25) is 0 Å². The summed E-state index contributed by atoms with van der Waals surface area (Å²) in [6, 6.07) is 7.68. The van der Waals surface area contributed by atoms with E-state index in [9.17, 15) is 0 Å². The summed E-state index contributed by atoms with van der Waals surface area (Å²) in [5, 5.41) is 16.9. The van der Waals surface area contributed by atoms with Gasteiger partial charge < -0.3 is 9.64 Å². The first kappa shape index (κ1) is 15.1. The Hall–Kier alpha value is -3.23. The number of fused-ring (bicyclic) bond motifs is 2. The summed E-state index contributed by atoms with van der Waals surface area (Å²) >= 11 is 0. The van der Waals surface area contributed by atoms with Gasteiger partial charge in [-0.3, -0.25) is 0 Å². The monoisotopic (exact) mass is 350 g/mol. The summed E-state index contributed by atoms with van der Waals surface area (Å²) < 4.78 is 9.58. The van der Waals surface area contributed by atoms with Crippen LogP contribution in [0.3, 0.4) is 0 Å². The maximum absolute atomic E-state index is 6.07. The fourth-order valence-corrected chi connectivity index (χ4v) is 3.29. The van der Waals surface area contributed by atoms with Gasteiger partial charge in [0.05, 0.1) is 6.20 Å². The molecule has 0 aromatic carbocycles. The number of anilines is 1. The minimum Gasteiger partial charge on any atom is -0.474 e. The first-order valence-electron chi connectivity index (χ1n) is 8.67. The van der Waals surface area contributed by atoms with Gasteiger partial charge in [0, 0.05) is 44.3 Å². The Bertz CT molecular complexity index is 1060. The van der Waals surface area contributed by atoms with Crippen molar-refractivity contribution >= 4 is 17.1 Å². The maximum Gasteiger partial charge on any atom is 0.217 e. The molecule has 0 amide bonds. The highest BCUT2D eigenvalue weighted by Gasteiger charge is 2.22. The molecule has 0 atom stereocenters. The second-order valence-corrected chi connectivity index (χ2v) is 6.41. The van der Waals surface area contributed by atoms with Crippen molar-refractivity contribution in [3.05, 3.63) is 42.5 Å². The second-order valence-electron chi connectivity index (χ2n) is 6.41. The van der Waals surface area contributed by atoms with Crippen molar-refractivity contribution in [2.24, 2.45) is 0 Å². The molecule has 132 valence electrons. The number of hydrogen-bond acceptors (Lipinski definition) is 7. The molecule has 0 radical (unpaired) electrons. The SMILES string of the molecule is Cc1nnc2ccc(N3CCC(Oc4ccn5nccc5n4)CC3)nn12. The predicted molar refractivity (Wildman–Crippen MR) is 94.4 cm³/mol. The summed E-state index contributed by atoms with van der Waals surface area (Å²) in [5.74, 6) is 2.38. The Morgan fingerprint density at radius 2 is 1.92 bits per heavy atom. The average molecular weight is 350 g/mol. The van der Waals surface area contributed by atoms with Crippen LogP contribution in [-0.2, 0) is 0 Å². The molecule has 4 aromatic rings. The van der Waals surface area contributed by atoms with Crippen LogP contribution in [0.4, 0.5) is 5.82 Å². The zero-order valence-electron chi connectivity index (χ0n) is 14.4. The van der Waals surface area contributed by atoms with E-state index in [4.69, 9.17) is 4.74 Å². The third-order valence-corrected chi connectivity index (χ3v) is 4.69. The number of nitrogens with zero attached hydrogens (tertiary/aromatic N) is 8. The molecule has 0 saturated carbocycles. The van der Waals surface area contributed by atoms with Gasteiger partial charge in [-0.25, -0.2) is 4.52 Å². The molecule has 26 heavy (non-hydrogen) atoms. The van der Waals surface area contributed by atoms with Gasteiger partial charge in [0.15, 0.2) is 17.1 Å². The van der Waals surface area contributed by atoms with E-state index in [1.54, 1.807) is 15.2 Å². The predicted octanol–water partition coefficient (Wildman–Crippen LogP) is 1.52. The van der Waals surface area contributed by atoms with Gasteiger partial charge in [-0.15, -0.1) is 15.3 Å². The Kier molecular flexibility index (Phi) is 3.44. The van der Waals surface area contributed by atoms with Gasteiger partial charge in [-0.1, -0.05) is 0 Å². The molecule has 1 fully saturated rings. The van der Waals surface area contributed by atoms with Crippen LogP contribution in [0.5, 0.6) is 5.88 Å². The Labute approximate surface area is 149 Å². The van der Waals surface area contributed by atoms with Crippen molar-refractivity contribution in [1.29, 1.82) is 0 Å². The lowest BCUT2D eigenvalue weighted by atomic mass is 10.1. The van der Waals surface area contributed by atoms with Crippen molar-refractivity contribution in [3.63, 3.8) is 0 Å². The van der Waals surface area contributed by atoms with Crippen LogP contribution in [0, 0.1) is 6.92 Å². The molecule has 1 aliphatic rings. The fourth-order valence-electron chi connectivity index (χ4n) is 3.29. The molecule has 0 aliphatic carbocycles. The van der Waals surface area contributed by atoms with E-state index in [0.29, 0.717) is 5.88 Å². The van der Waals surface area contributed by atoms with Crippen LogP contribution in [0.1, 0.15) is 18.7 Å². The largest absolute Gasteiger partial charge is 0.474 e. The summed E-state index contributed by atoms with van der Waals surface area (Å²) in [4.78, 5) is 6.75. The molecule has 0 spiro atoms. The number of ether oxygens (including phenoxy) is 1. The highest BCUT2D eigenvalue weighted by Crippen LogP contribution is 2.21. The summed E-state index contributed by atoms with van der Waals surface area (Å²) in [6.45, 7) is 3.68. The van der Waals surface area contributed by atoms with Crippen molar-refractivity contribution in [2.75, 3.05) is 18.0 Å². The van der Waals surface area contributed by atoms with E-state index < -0.39 is 0 Å². The Morgan fingerprint density at radius 1 is 1.04 bits per heavy atom. The number of aryl methyl sites for hydroxylation is 1. The molecule has 1 aliphatic heterocycles. The third-order valence-electron chi connectivity index (χ3n) is 4.69. The zero-order valence-corrected chi connectivity index (χ0v) is 14.4. The summed E-state index contributed by atoms with van der Waals surface area (Å²) in [6.07, 6.45) is 5.60. The molecule has 0 N–H and O–H groups in total. The molecule has 9 heteroatoms. The first-order chi connectivity index (χ1) is 12.8. The fraction of sp³-hybridized carbons (Fsp3) is 0.353. The van der Waals surface area contributed by atoms with Gasteiger partial charge in [0.25, 0.3) is 0 Å². The highest BCUT2D eigenvalue weighted by molar-refractivity contribution is 5.46. The summed E-state index contributed by atoms with van der Waals surface area (Å²) in [5.41, 5.74) is 1.56. The normalized spacial score (nSPS) is 15.8. The number of hydrogen-bond donors (Lipinski definition) is 0. The third kappa shape index (κ3) is 2.61. The molecular weight excluding hydrogens is 332 g/mol. The van der Waals surface area contributed by atoms with E-state index in [2.05, 4.69) is 30.3 Å². The van der Waals surface area contributed by atoms with Crippen LogP contribution < -0.4 is 9.64 Å². The molecular formula is C17H18N8O. The minimum atomic E-state index is 0.157. The van der Waals surface area contributed by atoms with Gasteiger partial charge in [-0.2, -0.15) is 14.6 Å². The van der Waals surface area contributed by atoms with Crippen molar-refractivity contribution in [1.82, 2.24) is 34.4 Å². The molecule has 0 bridgehead atoms. The number of piperidine rings is 1. The standard InChI is InChI=1S/C17H18N8O/c1-12-20-21-15-2-3-16(22-25(12)15)23-9-5-13(6-10-23)26-17-7-11-24-14(19-17)4-8-18-24/h2-4,7-8,11,13H,5-6,9-10H2,1H3. The molecule has 9 nitrogen and oxygen atoms in total. The van der Waals surface area contributed by atoms with E-state index in [1.807, 2.05) is 37.4 Å². The lowest BCUT2D eigenvalue weighted by Gasteiger charge is -2.32. The van der Waals surface area contributed by atoms with Crippen molar-refractivity contribution in [3.8, 4) is 5.88 Å². The van der Waals surface area contributed by atoms with Crippen LogP contribution in [-0.4, -0.2) is 53.6 Å². The quantitative estimate of drug-likeness (QED) is 0.554. The van der Waals surface area contributed by atoms with Gasteiger partial charge >= 0.3 is 0 Å². The zero-order chi connectivity index (χ0) is 17.5. The molecule has 0 unspecified atom stereocenters. The topological polar surface area (TPSA) is 85.7 Å². The van der Waals surface area contributed by atoms with Gasteiger partial charge in [0.1, 0.15) is 11.9 Å². The summed E-state index contributed by atoms with van der Waals surface area (Å²) in [7, 11) is 0. The maximum atomic E-state index is 6.07. The van der Waals surface area contributed by atoms with Crippen LogP contribution in [0.15, 0.2) is 36.7 Å². The Morgan fingerprint density at radius 3 is 2.81 bits per heavy atom. The van der Waals surface area contributed by atoms with Crippen LogP contribution >= 0.6 is 0 Å². The van der Waals surface area contributed by atoms with E-state index >= 15 is 0 Å². The Balaban J connectivity index is 1.26. The van der Waals surface area contributed by atoms with Gasteiger partial charge in [0.2, 0.25) is 5.88 Å². The van der Waals surface area contributed by atoms with E-state index in [0.717, 1.165) is 48.9 Å². The minimum absolute atomic E-state index is 0.157. The first-order valence-corrected chi connectivity index (χ1v) is 8.67. The van der Waals surface area contributed by atoms with E-state index in [1.165, 1.54) is 0 Å². The smallest absolute Gasteiger partial charge is 0.217 e. The lowest BCUT2D eigenvalue weighted by molar-refractivity contribution is 0.164. The lowest BCUT2D eigenvalue weighted by Crippen LogP contribution is -2.39. The number of aromatic nitrogens is 7. The molecule has 5 heterocycles. The van der Waals surface area contributed by atoms with Gasteiger partial charge in [-0.05, 0) is 19.1 Å². The van der Waals surface area contributed by atoms with Crippen LogP contribution in [0.25, 0.3) is 11.3 Å². The van der Waals surface area contributed by atoms with Crippen molar-refractivity contribution < 1.29 is 4.74 Å². The average Bonchev–Trinajstić information content (AvgIpc) is 3.28. The number of rotatable bonds is 3. The van der Waals surface area contributed by atoms with Crippen molar-refractivity contribution in [2.45, 2.75) is 25.9 Å². The highest BCUT2D eigenvalue weighted by atomic mass is 16.5. The molecule has 1 saturated heterocycles. The van der Waals surface area contributed by atoms with E-state index in [-0.39, 0.29) is 6.10 Å².